The average molecular weight is 365 g/mol. The number of aliphatic hydroxyl groups excluding tert-OH is 2. The number of halogens is 1. The number of phenolic OH excluding ortho intramolecular Hbond substituents is 3. The summed E-state index contributed by atoms with van der Waals surface area (Å²) in [5.74, 6) is -3.51. The van der Waals surface area contributed by atoms with E-state index >= 15 is 0 Å². The normalized spacial score (nSPS) is 15.5. The summed E-state index contributed by atoms with van der Waals surface area (Å²) in [6.45, 7) is 1.32. The van der Waals surface area contributed by atoms with E-state index in [1.165, 1.54) is 13.0 Å². The molecule has 0 saturated heterocycles. The highest BCUT2D eigenvalue weighted by Gasteiger charge is 2.37. The van der Waals surface area contributed by atoms with Gasteiger partial charge in [-0.25, -0.2) is 0 Å². The fourth-order valence-electron chi connectivity index (χ4n) is 2.83. The van der Waals surface area contributed by atoms with Crippen LogP contribution in [0.3, 0.4) is 0 Å². The van der Waals surface area contributed by atoms with Crippen molar-refractivity contribution in [3.63, 3.8) is 0 Å². The molecule has 0 saturated carbocycles. The summed E-state index contributed by atoms with van der Waals surface area (Å²) in [7, 11) is 0. The number of aliphatic hydroxyl groups is 2. The zero-order chi connectivity index (χ0) is 18.6. The van der Waals surface area contributed by atoms with Crippen LogP contribution in [0.4, 0.5) is 0 Å². The molecule has 3 rings (SSSR count). The summed E-state index contributed by atoms with van der Waals surface area (Å²) in [6, 6.07) is 3.19. The Bertz CT molecular complexity index is 933. The van der Waals surface area contributed by atoms with Crippen molar-refractivity contribution in [1.29, 1.82) is 0 Å². The first kappa shape index (κ1) is 17.2. The number of phenols is 3. The van der Waals surface area contributed by atoms with Crippen molar-refractivity contribution < 1.29 is 35.1 Å². The average Bonchev–Trinajstić information content (AvgIpc) is 2.55. The Hall–Kier alpha value is -2.61. The van der Waals surface area contributed by atoms with E-state index in [4.69, 9.17) is 11.6 Å². The largest absolute Gasteiger partial charge is 0.507 e. The van der Waals surface area contributed by atoms with Crippen LogP contribution >= 0.6 is 11.6 Å². The summed E-state index contributed by atoms with van der Waals surface area (Å²) < 4.78 is 0. The fourth-order valence-corrected chi connectivity index (χ4v) is 2.97. The number of hydrogen-bond acceptors (Lipinski definition) is 7. The molecule has 0 heterocycles. The standard InChI is InChI=1S/C17H13ClO7/c1-5(19)14(22)6-2-7-11(9(20)3-6)16(24)12-8(15(7)23)4-10(21)13(18)17(12)25/h2-5,14,19-22,25H,1H3. The molecular weight excluding hydrogens is 352 g/mol. The van der Waals surface area contributed by atoms with Gasteiger partial charge >= 0.3 is 0 Å². The lowest BCUT2D eigenvalue weighted by atomic mass is 9.81. The molecule has 0 aromatic heterocycles. The number of rotatable bonds is 2. The van der Waals surface area contributed by atoms with Crippen LogP contribution in [-0.4, -0.2) is 43.2 Å². The van der Waals surface area contributed by atoms with E-state index in [-0.39, 0.29) is 22.3 Å². The van der Waals surface area contributed by atoms with Gasteiger partial charge in [-0.1, -0.05) is 11.6 Å². The third kappa shape index (κ3) is 2.44. The highest BCUT2D eigenvalue weighted by atomic mass is 35.5. The summed E-state index contributed by atoms with van der Waals surface area (Å²) in [5.41, 5.74) is -1.22. The van der Waals surface area contributed by atoms with E-state index in [9.17, 15) is 35.1 Å². The Morgan fingerprint density at radius 1 is 0.880 bits per heavy atom. The smallest absolute Gasteiger partial charge is 0.202 e. The monoisotopic (exact) mass is 364 g/mol. The molecule has 25 heavy (non-hydrogen) atoms. The predicted molar refractivity (Wildman–Crippen MR) is 86.4 cm³/mol. The topological polar surface area (TPSA) is 135 Å². The Kier molecular flexibility index (Phi) is 3.95. The number of benzene rings is 2. The number of hydrogen-bond donors (Lipinski definition) is 5. The van der Waals surface area contributed by atoms with Gasteiger partial charge in [0.25, 0.3) is 0 Å². The molecule has 2 unspecified atom stereocenters. The maximum Gasteiger partial charge on any atom is 0.202 e. The molecule has 7 nitrogen and oxygen atoms in total. The lowest BCUT2D eigenvalue weighted by molar-refractivity contribution is 0.0303. The second-order valence-corrected chi connectivity index (χ2v) is 6.17. The van der Waals surface area contributed by atoms with E-state index in [1.54, 1.807) is 0 Å². The molecule has 8 heteroatoms. The zero-order valence-corrected chi connectivity index (χ0v) is 13.6. The molecule has 130 valence electrons. The van der Waals surface area contributed by atoms with Gasteiger partial charge in [0.15, 0.2) is 5.78 Å². The van der Waals surface area contributed by atoms with Gasteiger partial charge in [-0.2, -0.15) is 0 Å². The highest BCUT2D eigenvalue weighted by molar-refractivity contribution is 6.37. The van der Waals surface area contributed by atoms with E-state index in [0.717, 1.165) is 12.1 Å². The highest BCUT2D eigenvalue weighted by Crippen LogP contribution is 2.44. The molecule has 0 radical (unpaired) electrons. The second-order valence-electron chi connectivity index (χ2n) is 5.79. The quantitative estimate of drug-likeness (QED) is 0.466. The van der Waals surface area contributed by atoms with Gasteiger partial charge in [0, 0.05) is 11.1 Å². The van der Waals surface area contributed by atoms with Gasteiger partial charge in [0.1, 0.15) is 28.4 Å². The second kappa shape index (κ2) is 5.73. The molecule has 2 aromatic rings. The minimum Gasteiger partial charge on any atom is -0.507 e. The molecular formula is C17H13ClO7. The van der Waals surface area contributed by atoms with E-state index in [2.05, 4.69) is 0 Å². The SMILES string of the molecule is CC(O)C(O)c1cc(O)c2c(c1)C(=O)c1cc(O)c(Cl)c(O)c1C2=O. The van der Waals surface area contributed by atoms with Crippen LogP contribution in [0.5, 0.6) is 17.2 Å². The summed E-state index contributed by atoms with van der Waals surface area (Å²) in [6.07, 6.45) is -2.56. The minimum atomic E-state index is -1.38. The lowest BCUT2D eigenvalue weighted by Gasteiger charge is -2.22. The van der Waals surface area contributed by atoms with E-state index in [1.807, 2.05) is 0 Å². The van der Waals surface area contributed by atoms with Crippen molar-refractivity contribution in [3.8, 4) is 17.2 Å². The minimum absolute atomic E-state index is 0.0401. The Balaban J connectivity index is 2.29. The van der Waals surface area contributed by atoms with Gasteiger partial charge in [-0.15, -0.1) is 0 Å². The first-order chi connectivity index (χ1) is 11.6. The summed E-state index contributed by atoms with van der Waals surface area (Å²) in [4.78, 5) is 25.3. The number of fused-ring (bicyclic) bond motifs is 2. The van der Waals surface area contributed by atoms with Crippen LogP contribution in [0.25, 0.3) is 0 Å². The number of aromatic hydroxyl groups is 3. The van der Waals surface area contributed by atoms with Crippen LogP contribution in [-0.2, 0) is 0 Å². The van der Waals surface area contributed by atoms with Crippen LogP contribution < -0.4 is 0 Å². The number of carbonyl (C=O) groups is 2. The molecule has 2 atom stereocenters. The first-order valence-corrected chi connectivity index (χ1v) is 7.59. The molecule has 1 aliphatic rings. The van der Waals surface area contributed by atoms with Crippen LogP contribution in [0.1, 0.15) is 50.4 Å². The summed E-state index contributed by atoms with van der Waals surface area (Å²) in [5, 5.41) is 48.8. The fraction of sp³-hybridized carbons (Fsp3) is 0.176. The Labute approximate surface area is 146 Å². The molecule has 1 aliphatic carbocycles. The van der Waals surface area contributed by atoms with Crippen molar-refractivity contribution in [2.24, 2.45) is 0 Å². The molecule has 0 aliphatic heterocycles. The summed E-state index contributed by atoms with van der Waals surface area (Å²) >= 11 is 5.71. The number of ketones is 2. The van der Waals surface area contributed by atoms with Gasteiger partial charge in [-0.3, -0.25) is 9.59 Å². The van der Waals surface area contributed by atoms with Crippen LogP contribution in [0.2, 0.25) is 5.02 Å². The van der Waals surface area contributed by atoms with Gasteiger partial charge in [0.05, 0.1) is 17.2 Å². The molecule has 2 aromatic carbocycles. The Morgan fingerprint density at radius 2 is 1.48 bits per heavy atom. The van der Waals surface area contributed by atoms with Crippen molar-refractivity contribution in [2.45, 2.75) is 19.1 Å². The first-order valence-electron chi connectivity index (χ1n) is 7.22. The van der Waals surface area contributed by atoms with Gasteiger partial charge < -0.3 is 25.5 Å². The van der Waals surface area contributed by atoms with Crippen molar-refractivity contribution in [1.82, 2.24) is 0 Å². The Morgan fingerprint density at radius 3 is 2.08 bits per heavy atom. The van der Waals surface area contributed by atoms with E-state index in [0.29, 0.717) is 0 Å². The molecule has 0 fully saturated rings. The number of carbonyl (C=O) groups excluding carboxylic acids is 2. The van der Waals surface area contributed by atoms with Crippen molar-refractivity contribution in [2.75, 3.05) is 0 Å². The molecule has 0 amide bonds. The van der Waals surface area contributed by atoms with Crippen molar-refractivity contribution in [3.05, 3.63) is 51.0 Å². The maximum absolute atomic E-state index is 12.7. The lowest BCUT2D eigenvalue weighted by Crippen LogP contribution is -2.23. The molecule has 0 spiro atoms. The zero-order valence-electron chi connectivity index (χ0n) is 12.8. The predicted octanol–water partition coefficient (Wildman–Crippen LogP) is 1.65. The van der Waals surface area contributed by atoms with Crippen molar-refractivity contribution >= 4 is 23.2 Å². The van der Waals surface area contributed by atoms with Crippen LogP contribution in [0, 0.1) is 0 Å². The third-order valence-electron chi connectivity index (χ3n) is 4.10. The van der Waals surface area contributed by atoms with E-state index < -0.39 is 51.6 Å². The molecule has 0 bridgehead atoms. The third-order valence-corrected chi connectivity index (χ3v) is 4.47. The van der Waals surface area contributed by atoms with Gasteiger partial charge in [-0.05, 0) is 30.7 Å². The van der Waals surface area contributed by atoms with Gasteiger partial charge in [0.2, 0.25) is 5.78 Å². The molecule has 5 N–H and O–H groups in total. The maximum atomic E-state index is 12.7. The van der Waals surface area contributed by atoms with Crippen LogP contribution in [0.15, 0.2) is 18.2 Å².